The average molecular weight is 273 g/mol. The van der Waals surface area contributed by atoms with Crippen LogP contribution in [0.4, 0.5) is 0 Å². The number of hydrogen-bond acceptors (Lipinski definition) is 3. The Labute approximate surface area is 120 Å². The molecule has 1 unspecified atom stereocenters. The van der Waals surface area contributed by atoms with E-state index >= 15 is 0 Å². The lowest BCUT2D eigenvalue weighted by Gasteiger charge is -2.06. The van der Waals surface area contributed by atoms with E-state index in [0.717, 1.165) is 35.9 Å². The quantitative estimate of drug-likeness (QED) is 0.934. The molecule has 0 fully saturated rings. The van der Waals surface area contributed by atoms with Gasteiger partial charge >= 0.3 is 0 Å². The van der Waals surface area contributed by atoms with Crippen LogP contribution >= 0.6 is 0 Å². The number of aromatic amines is 1. The molecule has 2 aromatic rings. The van der Waals surface area contributed by atoms with Crippen LogP contribution in [0.2, 0.25) is 0 Å². The van der Waals surface area contributed by atoms with Gasteiger partial charge in [0.1, 0.15) is 17.7 Å². The number of nitrogens with one attached hydrogen (secondary N) is 1. The fourth-order valence-corrected chi connectivity index (χ4v) is 1.87. The maximum absolute atomic E-state index is 8.72. The first-order valence-corrected chi connectivity index (χ1v) is 6.96. The van der Waals surface area contributed by atoms with E-state index in [-0.39, 0.29) is 6.04 Å². The highest BCUT2D eigenvalue weighted by Gasteiger charge is 2.08. The number of aryl methyl sites for hydroxylation is 4. The SMILES string of the molecule is CCc1nc(C)cn1C(C)C#N.CCc1ncc(C)[nH]1. The van der Waals surface area contributed by atoms with Gasteiger partial charge in [-0.2, -0.15) is 5.26 Å². The van der Waals surface area contributed by atoms with Crippen molar-refractivity contribution >= 4 is 0 Å². The van der Waals surface area contributed by atoms with Crippen LogP contribution < -0.4 is 0 Å². The van der Waals surface area contributed by atoms with Crippen LogP contribution in [-0.4, -0.2) is 19.5 Å². The summed E-state index contributed by atoms with van der Waals surface area (Å²) in [5, 5.41) is 8.72. The Balaban J connectivity index is 0.000000217. The van der Waals surface area contributed by atoms with E-state index < -0.39 is 0 Å². The van der Waals surface area contributed by atoms with E-state index in [1.165, 1.54) is 0 Å². The average Bonchev–Trinajstić information content (AvgIpc) is 3.04. The lowest BCUT2D eigenvalue weighted by molar-refractivity contribution is 0.634. The molecule has 2 aromatic heterocycles. The van der Waals surface area contributed by atoms with Crippen LogP contribution in [0.15, 0.2) is 12.4 Å². The molecule has 0 aliphatic carbocycles. The second-order valence-corrected chi connectivity index (χ2v) is 4.73. The van der Waals surface area contributed by atoms with Crippen LogP contribution in [0.1, 0.15) is 49.8 Å². The van der Waals surface area contributed by atoms with Gasteiger partial charge in [-0.05, 0) is 20.8 Å². The van der Waals surface area contributed by atoms with Crippen molar-refractivity contribution in [1.29, 1.82) is 5.26 Å². The number of hydrogen-bond donors (Lipinski definition) is 1. The Kier molecular flexibility index (Phi) is 5.98. The van der Waals surface area contributed by atoms with Gasteiger partial charge in [-0.1, -0.05) is 13.8 Å². The van der Waals surface area contributed by atoms with E-state index in [0.29, 0.717) is 0 Å². The topological polar surface area (TPSA) is 70.3 Å². The van der Waals surface area contributed by atoms with Crippen LogP contribution in [0.3, 0.4) is 0 Å². The highest BCUT2D eigenvalue weighted by Crippen LogP contribution is 2.10. The van der Waals surface area contributed by atoms with Gasteiger partial charge < -0.3 is 9.55 Å². The van der Waals surface area contributed by atoms with Crippen molar-refractivity contribution in [3.05, 3.63) is 35.4 Å². The zero-order chi connectivity index (χ0) is 15.1. The third-order valence-corrected chi connectivity index (χ3v) is 2.94. The minimum Gasteiger partial charge on any atom is -0.346 e. The number of nitriles is 1. The summed E-state index contributed by atoms with van der Waals surface area (Å²) >= 11 is 0. The van der Waals surface area contributed by atoms with E-state index in [9.17, 15) is 0 Å². The fourth-order valence-electron chi connectivity index (χ4n) is 1.87. The maximum Gasteiger partial charge on any atom is 0.119 e. The lowest BCUT2D eigenvalue weighted by Crippen LogP contribution is -2.05. The van der Waals surface area contributed by atoms with Crippen molar-refractivity contribution in [1.82, 2.24) is 19.5 Å². The number of imidazole rings is 2. The first-order chi connectivity index (χ1) is 9.51. The molecule has 0 aliphatic rings. The molecule has 0 saturated carbocycles. The van der Waals surface area contributed by atoms with Gasteiger partial charge in [0.2, 0.25) is 0 Å². The predicted octanol–water partition coefficient (Wildman–Crippen LogP) is 3.12. The van der Waals surface area contributed by atoms with Gasteiger partial charge in [-0.15, -0.1) is 0 Å². The highest BCUT2D eigenvalue weighted by molar-refractivity contribution is 5.06. The molecule has 0 spiro atoms. The fraction of sp³-hybridized carbons (Fsp3) is 0.533. The molecular weight excluding hydrogens is 250 g/mol. The first kappa shape index (κ1) is 16.0. The molecule has 0 aromatic carbocycles. The third-order valence-electron chi connectivity index (χ3n) is 2.94. The van der Waals surface area contributed by atoms with Crippen molar-refractivity contribution in [2.24, 2.45) is 0 Å². The first-order valence-electron chi connectivity index (χ1n) is 6.96. The highest BCUT2D eigenvalue weighted by atomic mass is 15.1. The second kappa shape index (κ2) is 7.49. The summed E-state index contributed by atoms with van der Waals surface area (Å²) in [6.45, 7) is 9.95. The molecule has 108 valence electrons. The van der Waals surface area contributed by atoms with Gasteiger partial charge in [0, 0.05) is 30.9 Å². The number of H-pyrrole nitrogens is 1. The summed E-state index contributed by atoms with van der Waals surface area (Å²) in [4.78, 5) is 11.5. The molecule has 1 N–H and O–H groups in total. The molecular formula is C15H23N5. The van der Waals surface area contributed by atoms with Crippen molar-refractivity contribution < 1.29 is 0 Å². The molecule has 20 heavy (non-hydrogen) atoms. The molecule has 0 amide bonds. The Hall–Kier alpha value is -2.09. The van der Waals surface area contributed by atoms with Crippen LogP contribution in [0.5, 0.6) is 0 Å². The normalized spacial score (nSPS) is 11.4. The van der Waals surface area contributed by atoms with Gasteiger partial charge in [0.25, 0.3) is 0 Å². The summed E-state index contributed by atoms with van der Waals surface area (Å²) in [5.74, 6) is 2.06. The van der Waals surface area contributed by atoms with Crippen LogP contribution in [-0.2, 0) is 12.8 Å². The largest absolute Gasteiger partial charge is 0.346 e. The van der Waals surface area contributed by atoms with Crippen LogP contribution in [0, 0.1) is 25.2 Å². The van der Waals surface area contributed by atoms with Gasteiger partial charge in [0.05, 0.1) is 11.8 Å². The molecule has 0 aliphatic heterocycles. The summed E-state index contributed by atoms with van der Waals surface area (Å²) in [6.07, 6.45) is 5.64. The standard InChI is InChI=1S/C9H13N3.C6H10N2/c1-4-9-11-7(2)6-12(9)8(3)5-10;1-3-6-7-4-5(2)8-6/h6,8H,4H2,1-3H3;4H,3H2,1-2H3,(H,7,8). The molecule has 0 saturated heterocycles. The molecule has 5 nitrogen and oxygen atoms in total. The smallest absolute Gasteiger partial charge is 0.119 e. The maximum atomic E-state index is 8.72. The molecule has 2 rings (SSSR count). The Morgan fingerprint density at radius 2 is 2.05 bits per heavy atom. The minimum atomic E-state index is -0.110. The number of rotatable bonds is 3. The minimum absolute atomic E-state index is 0.110. The molecule has 0 bridgehead atoms. The van der Waals surface area contributed by atoms with Crippen molar-refractivity contribution in [3.63, 3.8) is 0 Å². The Morgan fingerprint density at radius 1 is 1.35 bits per heavy atom. The van der Waals surface area contributed by atoms with E-state index in [1.54, 1.807) is 0 Å². The third kappa shape index (κ3) is 4.23. The van der Waals surface area contributed by atoms with Crippen LogP contribution in [0.25, 0.3) is 0 Å². The monoisotopic (exact) mass is 273 g/mol. The Morgan fingerprint density at radius 3 is 2.45 bits per heavy atom. The van der Waals surface area contributed by atoms with Gasteiger partial charge in [-0.3, -0.25) is 0 Å². The van der Waals surface area contributed by atoms with Crippen molar-refractivity contribution in [2.75, 3.05) is 0 Å². The van der Waals surface area contributed by atoms with Crippen molar-refractivity contribution in [2.45, 2.75) is 53.5 Å². The summed E-state index contributed by atoms with van der Waals surface area (Å²) < 4.78 is 1.93. The molecule has 1 atom stereocenters. The number of nitrogens with zero attached hydrogens (tertiary/aromatic N) is 4. The second-order valence-electron chi connectivity index (χ2n) is 4.73. The lowest BCUT2D eigenvalue weighted by atomic mass is 10.3. The van der Waals surface area contributed by atoms with E-state index in [1.807, 2.05) is 44.7 Å². The zero-order valence-electron chi connectivity index (χ0n) is 12.9. The van der Waals surface area contributed by atoms with Crippen molar-refractivity contribution in [3.8, 4) is 6.07 Å². The zero-order valence-corrected chi connectivity index (χ0v) is 12.9. The molecule has 0 radical (unpaired) electrons. The van der Waals surface area contributed by atoms with E-state index in [4.69, 9.17) is 5.26 Å². The molecule has 2 heterocycles. The van der Waals surface area contributed by atoms with E-state index in [2.05, 4.69) is 27.9 Å². The molecule has 5 heteroatoms. The van der Waals surface area contributed by atoms with Gasteiger partial charge in [0.15, 0.2) is 0 Å². The summed E-state index contributed by atoms with van der Waals surface area (Å²) in [5.41, 5.74) is 2.12. The summed E-state index contributed by atoms with van der Waals surface area (Å²) in [7, 11) is 0. The Bertz CT molecular complexity index is 573. The predicted molar refractivity (Wildman–Crippen MR) is 79.4 cm³/mol. The van der Waals surface area contributed by atoms with Gasteiger partial charge in [-0.25, -0.2) is 9.97 Å². The number of aromatic nitrogens is 4. The summed E-state index contributed by atoms with van der Waals surface area (Å²) in [6, 6.07) is 2.08.